The SMILES string of the molecule is CCCNCC1CCCCCC1c1ncnn1C. The lowest BCUT2D eigenvalue weighted by atomic mass is 9.87. The van der Waals surface area contributed by atoms with E-state index in [-0.39, 0.29) is 0 Å². The van der Waals surface area contributed by atoms with Crippen LogP contribution in [0.2, 0.25) is 0 Å². The molecule has 2 atom stereocenters. The van der Waals surface area contributed by atoms with Gasteiger partial charge in [-0.1, -0.05) is 26.2 Å². The maximum Gasteiger partial charge on any atom is 0.138 e. The van der Waals surface area contributed by atoms with Crippen molar-refractivity contribution in [3.8, 4) is 0 Å². The van der Waals surface area contributed by atoms with Crippen LogP contribution in [-0.2, 0) is 7.05 Å². The van der Waals surface area contributed by atoms with Gasteiger partial charge in [0.25, 0.3) is 0 Å². The fourth-order valence-corrected chi connectivity index (χ4v) is 3.07. The standard InChI is InChI=1S/C14H26N4/c1-3-9-15-10-12-7-5-4-6-8-13(12)14-16-11-17-18(14)2/h11-13,15H,3-10H2,1-2H3. The molecule has 1 aliphatic rings. The number of aromatic nitrogens is 3. The molecule has 4 nitrogen and oxygen atoms in total. The first-order valence-electron chi connectivity index (χ1n) is 7.37. The molecule has 102 valence electrons. The van der Waals surface area contributed by atoms with Gasteiger partial charge >= 0.3 is 0 Å². The van der Waals surface area contributed by atoms with Gasteiger partial charge < -0.3 is 5.32 Å². The van der Waals surface area contributed by atoms with Gasteiger partial charge in [0, 0.05) is 13.0 Å². The topological polar surface area (TPSA) is 42.7 Å². The summed E-state index contributed by atoms with van der Waals surface area (Å²) in [5.41, 5.74) is 0. The predicted molar refractivity (Wildman–Crippen MR) is 73.5 cm³/mol. The van der Waals surface area contributed by atoms with Crippen LogP contribution >= 0.6 is 0 Å². The van der Waals surface area contributed by atoms with E-state index in [9.17, 15) is 0 Å². The van der Waals surface area contributed by atoms with Gasteiger partial charge in [-0.15, -0.1) is 0 Å². The quantitative estimate of drug-likeness (QED) is 0.645. The second kappa shape index (κ2) is 6.88. The summed E-state index contributed by atoms with van der Waals surface area (Å²) in [6.07, 6.45) is 9.57. The van der Waals surface area contributed by atoms with Crippen LogP contribution in [0.1, 0.15) is 57.2 Å². The molecule has 0 bridgehead atoms. The van der Waals surface area contributed by atoms with E-state index in [1.807, 2.05) is 11.7 Å². The number of nitrogens with one attached hydrogen (secondary N) is 1. The molecular formula is C14H26N4. The number of nitrogens with zero attached hydrogens (tertiary/aromatic N) is 3. The largest absolute Gasteiger partial charge is 0.316 e. The predicted octanol–water partition coefficient (Wildman–Crippen LogP) is 2.48. The van der Waals surface area contributed by atoms with E-state index < -0.39 is 0 Å². The lowest BCUT2D eigenvalue weighted by Crippen LogP contribution is -2.28. The van der Waals surface area contributed by atoms with E-state index in [0.29, 0.717) is 5.92 Å². The van der Waals surface area contributed by atoms with E-state index in [4.69, 9.17) is 0 Å². The Morgan fingerprint density at radius 3 is 2.89 bits per heavy atom. The van der Waals surface area contributed by atoms with E-state index in [2.05, 4.69) is 22.3 Å². The third kappa shape index (κ3) is 3.31. The third-order valence-electron chi connectivity index (χ3n) is 4.07. The molecular weight excluding hydrogens is 224 g/mol. The number of aryl methyl sites for hydroxylation is 1. The van der Waals surface area contributed by atoms with Crippen LogP contribution in [-0.4, -0.2) is 27.9 Å². The van der Waals surface area contributed by atoms with Crippen molar-refractivity contribution in [2.45, 2.75) is 51.4 Å². The normalized spacial score (nSPS) is 25.0. The molecule has 0 aliphatic heterocycles. The summed E-state index contributed by atoms with van der Waals surface area (Å²) in [7, 11) is 2.02. The van der Waals surface area contributed by atoms with Crippen molar-refractivity contribution in [1.29, 1.82) is 0 Å². The molecule has 0 radical (unpaired) electrons. The third-order valence-corrected chi connectivity index (χ3v) is 4.07. The molecule has 0 aromatic carbocycles. The second-order valence-corrected chi connectivity index (χ2v) is 5.45. The Kier molecular flexibility index (Phi) is 5.17. The van der Waals surface area contributed by atoms with Crippen molar-refractivity contribution in [2.24, 2.45) is 13.0 Å². The summed E-state index contributed by atoms with van der Waals surface area (Å²) in [6.45, 7) is 4.48. The van der Waals surface area contributed by atoms with Crippen LogP contribution in [0.3, 0.4) is 0 Å². The fraction of sp³-hybridized carbons (Fsp3) is 0.857. The Labute approximate surface area is 110 Å². The minimum atomic E-state index is 0.587. The first kappa shape index (κ1) is 13.5. The Hall–Kier alpha value is -0.900. The highest BCUT2D eigenvalue weighted by molar-refractivity contribution is 5.00. The molecule has 1 aromatic heterocycles. The Morgan fingerprint density at radius 2 is 2.17 bits per heavy atom. The summed E-state index contributed by atoms with van der Waals surface area (Å²) in [6, 6.07) is 0. The monoisotopic (exact) mass is 250 g/mol. The summed E-state index contributed by atoms with van der Waals surface area (Å²) in [5, 5.41) is 7.82. The molecule has 1 aromatic rings. The van der Waals surface area contributed by atoms with Gasteiger partial charge in [0.2, 0.25) is 0 Å². The van der Waals surface area contributed by atoms with Gasteiger partial charge in [-0.25, -0.2) is 4.98 Å². The van der Waals surface area contributed by atoms with Crippen LogP contribution < -0.4 is 5.32 Å². The van der Waals surface area contributed by atoms with E-state index in [0.717, 1.165) is 19.0 Å². The molecule has 1 N–H and O–H groups in total. The van der Waals surface area contributed by atoms with E-state index in [1.54, 1.807) is 6.33 Å². The van der Waals surface area contributed by atoms with Crippen molar-refractivity contribution >= 4 is 0 Å². The molecule has 1 saturated carbocycles. The minimum Gasteiger partial charge on any atom is -0.316 e. The van der Waals surface area contributed by atoms with Crippen molar-refractivity contribution in [1.82, 2.24) is 20.1 Å². The average molecular weight is 250 g/mol. The Balaban J connectivity index is 2.04. The van der Waals surface area contributed by atoms with Crippen LogP contribution in [0.25, 0.3) is 0 Å². The van der Waals surface area contributed by atoms with Crippen LogP contribution in [0.4, 0.5) is 0 Å². The minimum absolute atomic E-state index is 0.587. The van der Waals surface area contributed by atoms with Gasteiger partial charge in [0.1, 0.15) is 12.2 Å². The number of rotatable bonds is 5. The zero-order chi connectivity index (χ0) is 12.8. The molecule has 2 rings (SSSR count). The Morgan fingerprint density at radius 1 is 1.33 bits per heavy atom. The highest BCUT2D eigenvalue weighted by Crippen LogP contribution is 2.34. The molecule has 1 fully saturated rings. The molecule has 18 heavy (non-hydrogen) atoms. The van der Waals surface area contributed by atoms with Crippen LogP contribution in [0.5, 0.6) is 0 Å². The van der Waals surface area contributed by atoms with Crippen molar-refractivity contribution in [3.63, 3.8) is 0 Å². The number of hydrogen-bond donors (Lipinski definition) is 1. The van der Waals surface area contributed by atoms with Gasteiger partial charge in [0.15, 0.2) is 0 Å². The zero-order valence-corrected chi connectivity index (χ0v) is 11.7. The molecule has 0 spiro atoms. The van der Waals surface area contributed by atoms with Gasteiger partial charge in [0.05, 0.1) is 0 Å². The highest BCUT2D eigenvalue weighted by Gasteiger charge is 2.27. The summed E-state index contributed by atoms with van der Waals surface area (Å²) in [4.78, 5) is 4.48. The molecule has 0 saturated heterocycles. The maximum atomic E-state index is 4.48. The molecule has 1 heterocycles. The first-order chi connectivity index (χ1) is 8.83. The molecule has 4 heteroatoms. The average Bonchev–Trinajstić information content (AvgIpc) is 2.65. The molecule has 1 aliphatic carbocycles. The lowest BCUT2D eigenvalue weighted by molar-refractivity contribution is 0.356. The highest BCUT2D eigenvalue weighted by atomic mass is 15.3. The summed E-state index contributed by atoms with van der Waals surface area (Å²) >= 11 is 0. The van der Waals surface area contributed by atoms with Crippen LogP contribution in [0.15, 0.2) is 6.33 Å². The molecule has 0 amide bonds. The van der Waals surface area contributed by atoms with Crippen molar-refractivity contribution in [2.75, 3.05) is 13.1 Å². The smallest absolute Gasteiger partial charge is 0.138 e. The lowest BCUT2D eigenvalue weighted by Gasteiger charge is -2.24. The maximum absolute atomic E-state index is 4.48. The second-order valence-electron chi connectivity index (χ2n) is 5.45. The Bertz CT molecular complexity index is 347. The molecule has 2 unspecified atom stereocenters. The summed E-state index contributed by atoms with van der Waals surface area (Å²) < 4.78 is 1.96. The van der Waals surface area contributed by atoms with E-state index in [1.165, 1.54) is 44.3 Å². The van der Waals surface area contributed by atoms with E-state index >= 15 is 0 Å². The van der Waals surface area contributed by atoms with Crippen molar-refractivity contribution < 1.29 is 0 Å². The fourth-order valence-electron chi connectivity index (χ4n) is 3.07. The van der Waals surface area contributed by atoms with Gasteiger partial charge in [-0.3, -0.25) is 4.68 Å². The van der Waals surface area contributed by atoms with Crippen molar-refractivity contribution in [3.05, 3.63) is 12.2 Å². The summed E-state index contributed by atoms with van der Waals surface area (Å²) in [5.74, 6) is 2.49. The number of hydrogen-bond acceptors (Lipinski definition) is 3. The first-order valence-corrected chi connectivity index (χ1v) is 7.37. The van der Waals surface area contributed by atoms with Gasteiger partial charge in [-0.2, -0.15) is 5.10 Å². The van der Waals surface area contributed by atoms with Crippen LogP contribution in [0, 0.1) is 5.92 Å². The zero-order valence-electron chi connectivity index (χ0n) is 11.7. The van der Waals surface area contributed by atoms with Gasteiger partial charge in [-0.05, 0) is 38.3 Å².